The van der Waals surface area contributed by atoms with Gasteiger partial charge in [-0.15, -0.1) is 0 Å². The first-order valence-electron chi connectivity index (χ1n) is 5.62. The SMILES string of the molecule is NOCC1CCN(c2cccc(F)c2)CC1. The van der Waals surface area contributed by atoms with Gasteiger partial charge in [0.2, 0.25) is 0 Å². The third-order valence-corrected chi connectivity index (χ3v) is 3.12. The Bertz CT molecular complexity index is 338. The number of benzene rings is 1. The molecule has 0 atom stereocenters. The highest BCUT2D eigenvalue weighted by Crippen LogP contribution is 2.23. The third-order valence-electron chi connectivity index (χ3n) is 3.12. The lowest BCUT2D eigenvalue weighted by molar-refractivity contribution is 0.0918. The maximum atomic E-state index is 13.1. The summed E-state index contributed by atoms with van der Waals surface area (Å²) in [5.74, 6) is 5.42. The molecule has 2 rings (SSSR count). The van der Waals surface area contributed by atoms with E-state index < -0.39 is 0 Å². The van der Waals surface area contributed by atoms with Crippen LogP contribution in [0.15, 0.2) is 24.3 Å². The highest BCUT2D eigenvalue weighted by atomic mass is 19.1. The quantitative estimate of drug-likeness (QED) is 0.797. The predicted octanol–water partition coefficient (Wildman–Crippen LogP) is 1.93. The first kappa shape index (κ1) is 11.4. The molecule has 1 heterocycles. The number of rotatable bonds is 3. The van der Waals surface area contributed by atoms with Crippen molar-refractivity contribution in [2.45, 2.75) is 12.8 Å². The summed E-state index contributed by atoms with van der Waals surface area (Å²) in [4.78, 5) is 6.87. The van der Waals surface area contributed by atoms with Crippen LogP contribution in [-0.4, -0.2) is 19.7 Å². The van der Waals surface area contributed by atoms with Gasteiger partial charge in [0.1, 0.15) is 5.82 Å². The molecule has 0 aliphatic carbocycles. The number of hydrogen-bond acceptors (Lipinski definition) is 3. The van der Waals surface area contributed by atoms with Gasteiger partial charge < -0.3 is 9.74 Å². The van der Waals surface area contributed by atoms with Crippen molar-refractivity contribution in [1.82, 2.24) is 0 Å². The van der Waals surface area contributed by atoms with Crippen molar-refractivity contribution >= 4 is 5.69 Å². The van der Waals surface area contributed by atoms with Crippen LogP contribution in [0.3, 0.4) is 0 Å². The lowest BCUT2D eigenvalue weighted by Crippen LogP contribution is -2.35. The summed E-state index contributed by atoms with van der Waals surface area (Å²) in [7, 11) is 0. The fourth-order valence-electron chi connectivity index (χ4n) is 2.17. The second-order valence-corrected chi connectivity index (χ2v) is 4.24. The summed E-state index contributed by atoms with van der Waals surface area (Å²) in [6.45, 7) is 2.51. The average Bonchev–Trinajstić information content (AvgIpc) is 2.30. The van der Waals surface area contributed by atoms with Crippen molar-refractivity contribution in [3.8, 4) is 0 Å². The minimum Gasteiger partial charge on any atom is -0.371 e. The molecule has 1 aliphatic heterocycles. The van der Waals surface area contributed by atoms with E-state index in [1.165, 1.54) is 6.07 Å². The Morgan fingerprint density at radius 3 is 2.75 bits per heavy atom. The fraction of sp³-hybridized carbons (Fsp3) is 0.500. The van der Waals surface area contributed by atoms with Gasteiger partial charge in [0.05, 0.1) is 6.61 Å². The number of anilines is 1. The van der Waals surface area contributed by atoms with E-state index >= 15 is 0 Å². The van der Waals surface area contributed by atoms with E-state index in [9.17, 15) is 4.39 Å². The number of hydrogen-bond donors (Lipinski definition) is 1. The molecule has 0 unspecified atom stereocenters. The van der Waals surface area contributed by atoms with Gasteiger partial charge >= 0.3 is 0 Å². The van der Waals surface area contributed by atoms with Crippen LogP contribution in [0.5, 0.6) is 0 Å². The third kappa shape index (κ3) is 2.71. The fourth-order valence-corrected chi connectivity index (χ4v) is 2.17. The number of piperidine rings is 1. The van der Waals surface area contributed by atoms with Crippen LogP contribution < -0.4 is 10.8 Å². The normalized spacial score (nSPS) is 17.8. The summed E-state index contributed by atoms with van der Waals surface area (Å²) in [6, 6.07) is 6.75. The van der Waals surface area contributed by atoms with Crippen molar-refractivity contribution in [3.63, 3.8) is 0 Å². The minimum absolute atomic E-state index is 0.176. The molecule has 0 saturated carbocycles. The molecule has 1 fully saturated rings. The average molecular weight is 224 g/mol. The van der Waals surface area contributed by atoms with E-state index in [-0.39, 0.29) is 5.82 Å². The van der Waals surface area contributed by atoms with Crippen LogP contribution >= 0.6 is 0 Å². The second-order valence-electron chi connectivity index (χ2n) is 4.24. The van der Waals surface area contributed by atoms with Gasteiger partial charge in [-0.3, -0.25) is 0 Å². The highest BCUT2D eigenvalue weighted by molar-refractivity contribution is 5.46. The number of nitrogens with zero attached hydrogens (tertiary/aromatic N) is 1. The van der Waals surface area contributed by atoms with E-state index in [2.05, 4.69) is 9.74 Å². The first-order valence-corrected chi connectivity index (χ1v) is 5.62. The van der Waals surface area contributed by atoms with E-state index in [1.54, 1.807) is 12.1 Å². The van der Waals surface area contributed by atoms with Crippen molar-refractivity contribution in [2.75, 3.05) is 24.6 Å². The van der Waals surface area contributed by atoms with Crippen LogP contribution in [-0.2, 0) is 4.84 Å². The Morgan fingerprint density at radius 2 is 2.12 bits per heavy atom. The van der Waals surface area contributed by atoms with Crippen LogP contribution in [0.1, 0.15) is 12.8 Å². The molecular formula is C12H17FN2O. The predicted molar refractivity (Wildman–Crippen MR) is 61.5 cm³/mol. The standard InChI is InChI=1S/C12H17FN2O/c13-11-2-1-3-12(8-11)15-6-4-10(5-7-15)9-16-14/h1-3,8,10H,4-7,9,14H2. The molecular weight excluding hydrogens is 207 g/mol. The van der Waals surface area contributed by atoms with Gasteiger partial charge in [-0.25, -0.2) is 10.3 Å². The van der Waals surface area contributed by atoms with Crippen LogP contribution in [0.25, 0.3) is 0 Å². The molecule has 1 saturated heterocycles. The van der Waals surface area contributed by atoms with Crippen LogP contribution in [0.4, 0.5) is 10.1 Å². The van der Waals surface area contributed by atoms with E-state index in [0.717, 1.165) is 31.6 Å². The highest BCUT2D eigenvalue weighted by Gasteiger charge is 2.19. The van der Waals surface area contributed by atoms with E-state index in [4.69, 9.17) is 5.90 Å². The Labute approximate surface area is 94.9 Å². The Hall–Kier alpha value is -1.13. The molecule has 1 aliphatic rings. The van der Waals surface area contributed by atoms with Crippen molar-refractivity contribution < 1.29 is 9.23 Å². The molecule has 88 valence electrons. The summed E-state index contributed by atoms with van der Waals surface area (Å²) < 4.78 is 13.1. The number of nitrogens with two attached hydrogens (primary N) is 1. The molecule has 2 N–H and O–H groups in total. The van der Waals surface area contributed by atoms with E-state index in [0.29, 0.717) is 12.5 Å². The Morgan fingerprint density at radius 1 is 1.38 bits per heavy atom. The largest absolute Gasteiger partial charge is 0.371 e. The Kier molecular flexibility index (Phi) is 3.74. The molecule has 1 aromatic carbocycles. The summed E-state index contributed by atoms with van der Waals surface area (Å²) in [5.41, 5.74) is 0.965. The molecule has 1 aromatic rings. The Balaban J connectivity index is 1.94. The molecule has 0 aromatic heterocycles. The maximum Gasteiger partial charge on any atom is 0.125 e. The summed E-state index contributed by atoms with van der Waals surface area (Å²) >= 11 is 0. The summed E-state index contributed by atoms with van der Waals surface area (Å²) in [5, 5.41) is 0. The van der Waals surface area contributed by atoms with Gasteiger partial charge in [-0.05, 0) is 37.0 Å². The molecule has 0 spiro atoms. The lowest BCUT2D eigenvalue weighted by Gasteiger charge is -2.33. The smallest absolute Gasteiger partial charge is 0.125 e. The van der Waals surface area contributed by atoms with Gasteiger partial charge in [-0.1, -0.05) is 6.07 Å². The molecule has 0 bridgehead atoms. The lowest BCUT2D eigenvalue weighted by atomic mass is 9.97. The van der Waals surface area contributed by atoms with Gasteiger partial charge in [-0.2, -0.15) is 0 Å². The van der Waals surface area contributed by atoms with Crippen LogP contribution in [0, 0.1) is 11.7 Å². The van der Waals surface area contributed by atoms with Crippen molar-refractivity contribution in [3.05, 3.63) is 30.1 Å². The molecule has 4 heteroatoms. The first-order chi connectivity index (χ1) is 7.79. The summed E-state index contributed by atoms with van der Waals surface area (Å²) in [6.07, 6.45) is 2.10. The van der Waals surface area contributed by atoms with Gasteiger partial charge in [0.25, 0.3) is 0 Å². The van der Waals surface area contributed by atoms with Crippen molar-refractivity contribution in [2.24, 2.45) is 11.8 Å². The maximum absolute atomic E-state index is 13.1. The second kappa shape index (κ2) is 5.27. The number of halogens is 1. The van der Waals surface area contributed by atoms with Gasteiger partial charge in [0.15, 0.2) is 0 Å². The minimum atomic E-state index is -0.176. The molecule has 3 nitrogen and oxygen atoms in total. The van der Waals surface area contributed by atoms with E-state index in [1.807, 2.05) is 6.07 Å². The monoisotopic (exact) mass is 224 g/mol. The zero-order valence-corrected chi connectivity index (χ0v) is 9.23. The zero-order chi connectivity index (χ0) is 11.4. The molecule has 0 amide bonds. The van der Waals surface area contributed by atoms with Gasteiger partial charge in [0, 0.05) is 18.8 Å². The zero-order valence-electron chi connectivity index (χ0n) is 9.23. The van der Waals surface area contributed by atoms with Crippen LogP contribution in [0.2, 0.25) is 0 Å². The molecule has 16 heavy (non-hydrogen) atoms. The topological polar surface area (TPSA) is 38.5 Å². The molecule has 0 radical (unpaired) electrons. The van der Waals surface area contributed by atoms with Crippen molar-refractivity contribution in [1.29, 1.82) is 0 Å².